The van der Waals surface area contributed by atoms with E-state index in [4.69, 9.17) is 9.72 Å². The summed E-state index contributed by atoms with van der Waals surface area (Å²) in [6, 6.07) is 9.48. The molecule has 0 fully saturated rings. The first-order chi connectivity index (χ1) is 14.3. The van der Waals surface area contributed by atoms with Crippen LogP contribution >= 0.6 is 61.1 Å². The van der Waals surface area contributed by atoms with Crippen LogP contribution in [-0.2, 0) is 0 Å². The van der Waals surface area contributed by atoms with E-state index in [0.29, 0.717) is 23.3 Å². The molecule has 0 aliphatic carbocycles. The fourth-order valence-electron chi connectivity index (χ4n) is 2.84. The minimum Gasteiger partial charge on any atom is -0.487 e. The maximum atomic E-state index is 13.2. The Balaban J connectivity index is 2.10. The van der Waals surface area contributed by atoms with E-state index >= 15 is 0 Å². The second kappa shape index (κ2) is 10.4. The van der Waals surface area contributed by atoms with Crippen molar-refractivity contribution >= 4 is 78.2 Å². The van der Waals surface area contributed by atoms with Crippen LogP contribution in [0.3, 0.4) is 0 Å². The molecule has 3 rings (SSSR count). The maximum Gasteiger partial charge on any atom is 0.282 e. The summed E-state index contributed by atoms with van der Waals surface area (Å²) in [6.07, 6.45) is 4.27. The van der Waals surface area contributed by atoms with Crippen LogP contribution in [0.5, 0.6) is 5.75 Å². The van der Waals surface area contributed by atoms with E-state index in [0.717, 1.165) is 29.3 Å². The molecule has 0 saturated carbocycles. The highest BCUT2D eigenvalue weighted by molar-refractivity contribution is 14.1. The third kappa shape index (κ3) is 5.13. The van der Waals surface area contributed by atoms with Crippen LogP contribution in [0.2, 0.25) is 0 Å². The van der Waals surface area contributed by atoms with E-state index in [1.54, 1.807) is 18.4 Å². The third-order valence-electron chi connectivity index (χ3n) is 4.57. The van der Waals surface area contributed by atoms with Gasteiger partial charge in [0, 0.05) is 10.4 Å². The largest absolute Gasteiger partial charge is 0.487 e. The summed E-state index contributed by atoms with van der Waals surface area (Å²) in [7, 11) is 0. The summed E-state index contributed by atoms with van der Waals surface area (Å²) >= 11 is 7.91. The van der Waals surface area contributed by atoms with Gasteiger partial charge in [-0.1, -0.05) is 42.4 Å². The van der Waals surface area contributed by atoms with Crippen LogP contribution in [-0.4, -0.2) is 22.5 Å². The summed E-state index contributed by atoms with van der Waals surface area (Å²) in [5.74, 6) is 1.57. The van der Waals surface area contributed by atoms with Gasteiger partial charge in [-0.05, 0) is 87.5 Å². The number of aromatic nitrogens is 2. The van der Waals surface area contributed by atoms with Crippen molar-refractivity contribution < 1.29 is 4.74 Å². The predicted octanol–water partition coefficient (Wildman–Crippen LogP) is 6.33. The first-order valence-electron chi connectivity index (χ1n) is 9.35. The number of fused-ring (bicyclic) bond motifs is 1. The molecule has 156 valence electrons. The normalized spacial score (nSPS) is 12.4. The Bertz CT molecular complexity index is 1170. The van der Waals surface area contributed by atoms with Gasteiger partial charge in [0.1, 0.15) is 18.2 Å². The number of hydrogen-bond acceptors (Lipinski definition) is 4. The van der Waals surface area contributed by atoms with E-state index in [1.807, 2.05) is 24.3 Å². The van der Waals surface area contributed by atoms with Gasteiger partial charge in [-0.25, -0.2) is 4.98 Å². The second-order valence-corrected chi connectivity index (χ2v) is 9.96. The number of ether oxygens (including phenoxy) is 1. The molecular weight excluding hydrogens is 672 g/mol. The number of halogens is 3. The molecular formula is C22H20BrI2N3O2. The van der Waals surface area contributed by atoms with E-state index in [-0.39, 0.29) is 11.5 Å². The minimum absolute atomic E-state index is 0.0952. The van der Waals surface area contributed by atoms with E-state index in [2.05, 4.69) is 86.6 Å². The SMILES string of the molecule is C=CCOc1c(I)cc(C=Nn2c([C@@H](C)CC)nc3ccc(Br)cc3c2=O)cc1I. The van der Waals surface area contributed by atoms with Crippen LogP contribution < -0.4 is 10.3 Å². The molecule has 0 saturated heterocycles. The highest BCUT2D eigenvalue weighted by Gasteiger charge is 2.16. The zero-order valence-corrected chi connectivity index (χ0v) is 22.4. The lowest BCUT2D eigenvalue weighted by atomic mass is 10.1. The Morgan fingerprint density at radius 1 is 1.30 bits per heavy atom. The fourth-order valence-corrected chi connectivity index (χ4v) is 5.33. The molecule has 0 N–H and O–H groups in total. The smallest absolute Gasteiger partial charge is 0.282 e. The lowest BCUT2D eigenvalue weighted by molar-refractivity contribution is 0.358. The number of hydrogen-bond donors (Lipinski definition) is 0. The quantitative estimate of drug-likeness (QED) is 0.165. The van der Waals surface area contributed by atoms with Gasteiger partial charge in [-0.2, -0.15) is 9.78 Å². The molecule has 0 amide bonds. The average Bonchev–Trinajstić information content (AvgIpc) is 2.72. The van der Waals surface area contributed by atoms with Crippen LogP contribution in [0.25, 0.3) is 10.9 Å². The number of rotatable bonds is 7. The summed E-state index contributed by atoms with van der Waals surface area (Å²) in [5.41, 5.74) is 1.38. The lowest BCUT2D eigenvalue weighted by Crippen LogP contribution is -2.23. The van der Waals surface area contributed by atoms with Crippen molar-refractivity contribution in [1.82, 2.24) is 9.66 Å². The van der Waals surface area contributed by atoms with Gasteiger partial charge < -0.3 is 4.74 Å². The summed E-state index contributed by atoms with van der Waals surface area (Å²) in [5, 5.41) is 5.07. The molecule has 1 aromatic heterocycles. The highest BCUT2D eigenvalue weighted by Crippen LogP contribution is 2.28. The molecule has 0 aliphatic heterocycles. The van der Waals surface area contributed by atoms with Gasteiger partial charge in [0.15, 0.2) is 0 Å². The number of nitrogens with zero attached hydrogens (tertiary/aromatic N) is 3. The van der Waals surface area contributed by atoms with Crippen molar-refractivity contribution in [1.29, 1.82) is 0 Å². The van der Waals surface area contributed by atoms with E-state index < -0.39 is 0 Å². The number of benzene rings is 2. The van der Waals surface area contributed by atoms with Gasteiger partial charge in [-0.3, -0.25) is 4.79 Å². The first kappa shape index (κ1) is 23.4. The fraction of sp³-hybridized carbons (Fsp3) is 0.227. The Kier molecular flexibility index (Phi) is 8.08. The zero-order valence-electron chi connectivity index (χ0n) is 16.5. The molecule has 0 bridgehead atoms. The monoisotopic (exact) mass is 691 g/mol. The molecule has 5 nitrogen and oxygen atoms in total. The highest BCUT2D eigenvalue weighted by atomic mass is 127. The Labute approximate surface area is 211 Å². The zero-order chi connectivity index (χ0) is 21.8. The molecule has 0 radical (unpaired) electrons. The lowest BCUT2D eigenvalue weighted by Gasteiger charge is -2.14. The van der Waals surface area contributed by atoms with Crippen molar-refractivity contribution in [3.8, 4) is 5.75 Å². The topological polar surface area (TPSA) is 56.5 Å². The summed E-state index contributed by atoms with van der Waals surface area (Å²) < 4.78 is 9.93. The maximum absolute atomic E-state index is 13.2. The minimum atomic E-state index is -0.178. The third-order valence-corrected chi connectivity index (χ3v) is 6.67. The Morgan fingerprint density at radius 3 is 2.63 bits per heavy atom. The summed E-state index contributed by atoms with van der Waals surface area (Å²) in [4.78, 5) is 17.9. The van der Waals surface area contributed by atoms with Crippen LogP contribution in [0, 0.1) is 7.14 Å². The van der Waals surface area contributed by atoms with Crippen molar-refractivity contribution in [2.75, 3.05) is 6.61 Å². The van der Waals surface area contributed by atoms with Gasteiger partial charge in [-0.15, -0.1) is 0 Å². The Morgan fingerprint density at radius 2 is 2.00 bits per heavy atom. The molecule has 1 atom stereocenters. The van der Waals surface area contributed by atoms with E-state index in [1.165, 1.54) is 4.68 Å². The Hall–Kier alpha value is -1.27. The van der Waals surface area contributed by atoms with Crippen molar-refractivity contribution in [2.24, 2.45) is 5.10 Å². The van der Waals surface area contributed by atoms with Crippen LogP contribution in [0.15, 0.2) is 57.4 Å². The molecule has 8 heteroatoms. The van der Waals surface area contributed by atoms with Crippen molar-refractivity contribution in [3.05, 3.63) is 76.3 Å². The van der Waals surface area contributed by atoms with Gasteiger partial charge in [0.25, 0.3) is 5.56 Å². The first-order valence-corrected chi connectivity index (χ1v) is 12.3. The van der Waals surface area contributed by atoms with E-state index in [9.17, 15) is 4.79 Å². The summed E-state index contributed by atoms with van der Waals surface area (Å²) in [6.45, 7) is 8.26. The molecule has 0 aliphatic rings. The van der Waals surface area contributed by atoms with Crippen molar-refractivity contribution in [3.63, 3.8) is 0 Å². The van der Waals surface area contributed by atoms with Crippen LogP contribution in [0.1, 0.15) is 37.6 Å². The van der Waals surface area contributed by atoms with Gasteiger partial charge in [0.05, 0.1) is 24.3 Å². The van der Waals surface area contributed by atoms with Crippen molar-refractivity contribution in [2.45, 2.75) is 26.2 Å². The average molecular weight is 692 g/mol. The predicted molar refractivity (Wildman–Crippen MR) is 143 cm³/mol. The van der Waals surface area contributed by atoms with Gasteiger partial charge in [0.2, 0.25) is 0 Å². The molecule has 30 heavy (non-hydrogen) atoms. The second-order valence-electron chi connectivity index (χ2n) is 6.72. The van der Waals surface area contributed by atoms with Crippen LogP contribution in [0.4, 0.5) is 0 Å². The molecule has 0 unspecified atom stereocenters. The van der Waals surface area contributed by atoms with Gasteiger partial charge >= 0.3 is 0 Å². The molecule has 2 aromatic carbocycles. The molecule has 0 spiro atoms. The standard InChI is InChI=1S/C22H20BrI2N3O2/c1-4-8-30-20-17(24)9-14(10-18(20)25)12-26-28-21(13(3)5-2)27-19-7-6-15(23)11-16(19)22(28)29/h4,6-7,9-13H,1,5,8H2,2-3H3/t13-/m0/s1. The molecule has 3 aromatic rings. The molecule has 1 heterocycles.